The Kier molecular flexibility index (Phi) is 4.18. The standard InChI is InChI=1S/C13H14N4O3S/c1-9-7-15-12(8-14-9)13(18)16-10-5-3-4-6-11(10)17-21(2,19)20/h3-8,17H,1-2H3,(H,16,18). The summed E-state index contributed by atoms with van der Waals surface area (Å²) in [6.07, 6.45) is 3.88. The third-order valence-corrected chi connectivity index (χ3v) is 3.07. The van der Waals surface area contributed by atoms with E-state index in [1.165, 1.54) is 12.4 Å². The first-order chi connectivity index (χ1) is 9.85. The molecule has 21 heavy (non-hydrogen) atoms. The van der Waals surface area contributed by atoms with Crippen LogP contribution < -0.4 is 10.0 Å². The highest BCUT2D eigenvalue weighted by Gasteiger charge is 2.12. The normalized spacial score (nSPS) is 11.0. The summed E-state index contributed by atoms with van der Waals surface area (Å²) in [7, 11) is -3.43. The van der Waals surface area contributed by atoms with Crippen molar-refractivity contribution in [2.45, 2.75) is 6.92 Å². The summed E-state index contributed by atoms with van der Waals surface area (Å²) in [5.74, 6) is -0.467. The van der Waals surface area contributed by atoms with E-state index < -0.39 is 15.9 Å². The van der Waals surface area contributed by atoms with Crippen molar-refractivity contribution in [3.63, 3.8) is 0 Å². The van der Waals surface area contributed by atoms with Crippen LogP contribution in [0.3, 0.4) is 0 Å². The summed E-state index contributed by atoms with van der Waals surface area (Å²) < 4.78 is 24.9. The molecule has 1 heterocycles. The zero-order valence-corrected chi connectivity index (χ0v) is 12.3. The van der Waals surface area contributed by atoms with Gasteiger partial charge < -0.3 is 5.32 Å². The summed E-state index contributed by atoms with van der Waals surface area (Å²) in [5.41, 5.74) is 1.48. The highest BCUT2D eigenvalue weighted by atomic mass is 32.2. The Labute approximate surface area is 122 Å². The number of sulfonamides is 1. The molecule has 0 atom stereocenters. The van der Waals surface area contributed by atoms with Crippen molar-refractivity contribution in [3.8, 4) is 0 Å². The number of para-hydroxylation sites is 2. The molecule has 0 bridgehead atoms. The number of aryl methyl sites for hydroxylation is 1. The van der Waals surface area contributed by atoms with Crippen LogP contribution >= 0.6 is 0 Å². The number of benzene rings is 1. The minimum absolute atomic E-state index is 0.148. The van der Waals surface area contributed by atoms with Crippen molar-refractivity contribution in [3.05, 3.63) is 48.0 Å². The number of rotatable bonds is 4. The zero-order valence-electron chi connectivity index (χ0n) is 11.5. The molecule has 0 spiro atoms. The first-order valence-electron chi connectivity index (χ1n) is 6.02. The van der Waals surface area contributed by atoms with Crippen LogP contribution in [0.5, 0.6) is 0 Å². The molecular weight excluding hydrogens is 292 g/mol. The molecule has 0 aliphatic heterocycles. The number of nitrogens with zero attached hydrogens (tertiary/aromatic N) is 2. The van der Waals surface area contributed by atoms with E-state index in [0.29, 0.717) is 11.4 Å². The van der Waals surface area contributed by atoms with Gasteiger partial charge in [0.15, 0.2) is 0 Å². The van der Waals surface area contributed by atoms with E-state index in [9.17, 15) is 13.2 Å². The van der Waals surface area contributed by atoms with Crippen molar-refractivity contribution < 1.29 is 13.2 Å². The number of aromatic nitrogens is 2. The molecule has 2 aromatic rings. The van der Waals surface area contributed by atoms with E-state index in [1.54, 1.807) is 31.2 Å². The van der Waals surface area contributed by atoms with Gasteiger partial charge in [-0.05, 0) is 19.1 Å². The maximum absolute atomic E-state index is 12.1. The highest BCUT2D eigenvalue weighted by molar-refractivity contribution is 7.92. The molecule has 0 unspecified atom stereocenters. The minimum atomic E-state index is -3.43. The van der Waals surface area contributed by atoms with Gasteiger partial charge in [-0.2, -0.15) is 0 Å². The van der Waals surface area contributed by atoms with Crippen LogP contribution in [0.15, 0.2) is 36.7 Å². The SMILES string of the molecule is Cc1cnc(C(=O)Nc2ccccc2NS(C)(=O)=O)cn1. The molecule has 0 aliphatic rings. The smallest absolute Gasteiger partial charge is 0.275 e. The maximum atomic E-state index is 12.1. The van der Waals surface area contributed by atoms with Crippen LogP contribution in [0.25, 0.3) is 0 Å². The summed E-state index contributed by atoms with van der Waals surface area (Å²) in [6.45, 7) is 1.76. The second kappa shape index (κ2) is 5.88. The van der Waals surface area contributed by atoms with Crippen LogP contribution in [-0.2, 0) is 10.0 Å². The molecule has 0 aliphatic carbocycles. The summed E-state index contributed by atoms with van der Waals surface area (Å²) in [4.78, 5) is 20.0. The average Bonchev–Trinajstić information content (AvgIpc) is 2.40. The fourth-order valence-electron chi connectivity index (χ4n) is 1.58. The third-order valence-electron chi connectivity index (χ3n) is 2.48. The Morgan fingerprint density at radius 3 is 2.33 bits per heavy atom. The van der Waals surface area contributed by atoms with Gasteiger partial charge in [-0.1, -0.05) is 12.1 Å². The Balaban J connectivity index is 2.23. The van der Waals surface area contributed by atoms with Gasteiger partial charge in [0.2, 0.25) is 10.0 Å². The minimum Gasteiger partial charge on any atom is -0.319 e. The second-order valence-electron chi connectivity index (χ2n) is 4.42. The first-order valence-corrected chi connectivity index (χ1v) is 7.91. The van der Waals surface area contributed by atoms with Gasteiger partial charge in [0.1, 0.15) is 5.69 Å². The Hall–Kier alpha value is -2.48. The summed E-state index contributed by atoms with van der Waals surface area (Å²) >= 11 is 0. The van der Waals surface area contributed by atoms with E-state index >= 15 is 0 Å². The van der Waals surface area contributed by atoms with Crippen molar-refractivity contribution in [2.24, 2.45) is 0 Å². The molecule has 1 amide bonds. The van der Waals surface area contributed by atoms with Crippen LogP contribution in [-0.4, -0.2) is 30.5 Å². The number of amides is 1. The van der Waals surface area contributed by atoms with Gasteiger partial charge in [-0.3, -0.25) is 14.5 Å². The van der Waals surface area contributed by atoms with Gasteiger partial charge in [0.25, 0.3) is 5.91 Å². The van der Waals surface area contributed by atoms with E-state index in [2.05, 4.69) is 20.0 Å². The van der Waals surface area contributed by atoms with Gasteiger partial charge >= 0.3 is 0 Å². The predicted octanol–water partition coefficient (Wildman–Crippen LogP) is 1.41. The van der Waals surface area contributed by atoms with Crippen LogP contribution in [0.2, 0.25) is 0 Å². The largest absolute Gasteiger partial charge is 0.319 e. The molecule has 0 fully saturated rings. The quantitative estimate of drug-likeness (QED) is 0.889. The van der Waals surface area contributed by atoms with Gasteiger partial charge in [-0.25, -0.2) is 13.4 Å². The van der Waals surface area contributed by atoms with Crippen LogP contribution in [0.4, 0.5) is 11.4 Å². The number of hydrogen-bond donors (Lipinski definition) is 2. The number of carbonyl (C=O) groups is 1. The zero-order chi connectivity index (χ0) is 15.5. The predicted molar refractivity (Wildman–Crippen MR) is 79.6 cm³/mol. The lowest BCUT2D eigenvalue weighted by molar-refractivity contribution is 0.102. The molecule has 2 rings (SSSR count). The Morgan fingerprint density at radius 2 is 1.76 bits per heavy atom. The lowest BCUT2D eigenvalue weighted by atomic mass is 10.2. The van der Waals surface area contributed by atoms with Crippen molar-refractivity contribution in [1.82, 2.24) is 9.97 Å². The molecule has 7 nitrogen and oxygen atoms in total. The summed E-state index contributed by atoms with van der Waals surface area (Å²) in [6, 6.07) is 6.49. The molecular formula is C13H14N4O3S. The molecule has 110 valence electrons. The topological polar surface area (TPSA) is 101 Å². The second-order valence-corrected chi connectivity index (χ2v) is 6.17. The fraction of sp³-hybridized carbons (Fsp3) is 0.154. The monoisotopic (exact) mass is 306 g/mol. The van der Waals surface area contributed by atoms with Crippen molar-refractivity contribution in [1.29, 1.82) is 0 Å². The molecule has 0 saturated carbocycles. The Morgan fingerprint density at radius 1 is 1.10 bits per heavy atom. The first kappa shape index (κ1) is 14.9. The number of anilines is 2. The lowest BCUT2D eigenvalue weighted by Crippen LogP contribution is -2.17. The van der Waals surface area contributed by atoms with Gasteiger partial charge in [0, 0.05) is 6.20 Å². The van der Waals surface area contributed by atoms with Crippen LogP contribution in [0.1, 0.15) is 16.2 Å². The van der Waals surface area contributed by atoms with Gasteiger partial charge in [-0.15, -0.1) is 0 Å². The van der Waals surface area contributed by atoms with Crippen molar-refractivity contribution >= 4 is 27.3 Å². The molecule has 1 aromatic heterocycles. The molecule has 1 aromatic carbocycles. The lowest BCUT2D eigenvalue weighted by Gasteiger charge is -2.11. The van der Waals surface area contributed by atoms with E-state index in [0.717, 1.165) is 6.26 Å². The summed E-state index contributed by atoms with van der Waals surface area (Å²) in [5, 5.41) is 2.60. The highest BCUT2D eigenvalue weighted by Crippen LogP contribution is 2.22. The van der Waals surface area contributed by atoms with E-state index in [1.807, 2.05) is 0 Å². The van der Waals surface area contributed by atoms with Crippen LogP contribution in [0, 0.1) is 6.92 Å². The van der Waals surface area contributed by atoms with E-state index in [-0.39, 0.29) is 11.4 Å². The average molecular weight is 306 g/mol. The van der Waals surface area contributed by atoms with E-state index in [4.69, 9.17) is 0 Å². The van der Waals surface area contributed by atoms with Crippen molar-refractivity contribution in [2.75, 3.05) is 16.3 Å². The molecule has 0 radical (unpaired) electrons. The maximum Gasteiger partial charge on any atom is 0.275 e. The number of nitrogens with one attached hydrogen (secondary N) is 2. The van der Waals surface area contributed by atoms with Gasteiger partial charge in [0.05, 0.1) is 29.5 Å². The fourth-order valence-corrected chi connectivity index (χ4v) is 2.15. The number of carbonyl (C=O) groups excluding carboxylic acids is 1. The number of hydrogen-bond acceptors (Lipinski definition) is 5. The molecule has 8 heteroatoms. The Bertz CT molecular complexity index is 757. The molecule has 2 N–H and O–H groups in total. The third kappa shape index (κ3) is 4.25. The molecule has 0 saturated heterocycles.